The normalized spacial score (nSPS) is 13.5. The van der Waals surface area contributed by atoms with Gasteiger partial charge in [-0.05, 0) is 55.7 Å². The first-order chi connectivity index (χ1) is 23.8. The molecule has 0 unspecified atom stereocenters. The van der Waals surface area contributed by atoms with Crippen LogP contribution in [0, 0.1) is 17.1 Å². The molecule has 0 radical (unpaired) electrons. The van der Waals surface area contributed by atoms with Crippen LogP contribution in [0.15, 0.2) is 73.2 Å². The lowest BCUT2D eigenvalue weighted by molar-refractivity contribution is -0.134. The number of halogens is 1. The highest BCUT2D eigenvalue weighted by atomic mass is 19.1. The largest absolute Gasteiger partial charge is 0.474 e. The molecule has 12 nitrogen and oxygen atoms in total. The molecule has 0 bridgehead atoms. The molecule has 2 aromatic carbocycles. The van der Waals surface area contributed by atoms with Crippen molar-refractivity contribution >= 4 is 29.3 Å². The number of carbonyl (C=O) groups excluding carboxylic acids is 2. The number of esters is 1. The summed E-state index contributed by atoms with van der Waals surface area (Å²) in [5, 5.41) is 15.4. The fourth-order valence-corrected chi connectivity index (χ4v) is 5.30. The van der Waals surface area contributed by atoms with Crippen molar-refractivity contribution in [3.05, 3.63) is 101 Å². The molecule has 0 aliphatic carbocycles. The van der Waals surface area contributed by atoms with E-state index in [1.54, 1.807) is 42.9 Å². The number of nitrogens with zero attached hydrogens (tertiary/aromatic N) is 5. The SMILES string of the molecule is CCn1cncc1CNc1cc(/C=C/C(=O)OC)ccc1NC(=O)CN1CCC(Oc2cccc(OCc3ccc(C#N)cc3F)n2)CC1. The predicted octanol–water partition coefficient (Wildman–Crippen LogP) is 5.17. The number of nitriles is 1. The molecule has 3 heterocycles. The quantitative estimate of drug-likeness (QED) is 0.137. The molecule has 2 aromatic heterocycles. The van der Waals surface area contributed by atoms with Crippen LogP contribution in [0.4, 0.5) is 15.8 Å². The van der Waals surface area contributed by atoms with Crippen molar-refractivity contribution in [2.75, 3.05) is 37.4 Å². The van der Waals surface area contributed by atoms with Crippen LogP contribution >= 0.6 is 0 Å². The Kier molecular flexibility index (Phi) is 11.9. The number of aryl methyl sites for hydroxylation is 1. The van der Waals surface area contributed by atoms with Crippen LogP contribution in [-0.4, -0.2) is 64.2 Å². The number of piperidine rings is 1. The van der Waals surface area contributed by atoms with Crippen LogP contribution in [0.1, 0.15) is 42.1 Å². The number of pyridine rings is 1. The van der Waals surface area contributed by atoms with E-state index in [1.165, 1.54) is 31.4 Å². The summed E-state index contributed by atoms with van der Waals surface area (Å²) in [5.74, 6) is -0.415. The first-order valence-corrected chi connectivity index (χ1v) is 15.9. The molecule has 5 rings (SSSR count). The van der Waals surface area contributed by atoms with Crippen molar-refractivity contribution in [1.82, 2.24) is 19.4 Å². The zero-order chi connectivity index (χ0) is 34.6. The lowest BCUT2D eigenvalue weighted by atomic mass is 10.1. The number of anilines is 2. The monoisotopic (exact) mass is 667 g/mol. The summed E-state index contributed by atoms with van der Waals surface area (Å²) in [4.78, 5) is 35.5. The van der Waals surface area contributed by atoms with Gasteiger partial charge in [0, 0.05) is 49.6 Å². The van der Waals surface area contributed by atoms with E-state index in [0.717, 1.165) is 17.8 Å². The number of methoxy groups -OCH3 is 1. The second kappa shape index (κ2) is 16.9. The maximum atomic E-state index is 14.2. The van der Waals surface area contributed by atoms with Gasteiger partial charge in [0.2, 0.25) is 17.7 Å². The highest BCUT2D eigenvalue weighted by Crippen LogP contribution is 2.26. The summed E-state index contributed by atoms with van der Waals surface area (Å²) in [6.45, 7) is 4.82. The molecule has 1 aliphatic heterocycles. The summed E-state index contributed by atoms with van der Waals surface area (Å²) in [6.07, 6.45) is 7.89. The molecule has 1 amide bonds. The number of aromatic nitrogens is 3. The third-order valence-corrected chi connectivity index (χ3v) is 7.97. The number of hydrogen-bond acceptors (Lipinski definition) is 10. The van der Waals surface area contributed by atoms with E-state index in [1.807, 2.05) is 29.7 Å². The first-order valence-electron chi connectivity index (χ1n) is 15.9. The molecule has 254 valence electrons. The Morgan fingerprint density at radius 3 is 2.67 bits per heavy atom. The molecule has 2 N–H and O–H groups in total. The number of ether oxygens (including phenoxy) is 3. The van der Waals surface area contributed by atoms with Gasteiger partial charge in [0.1, 0.15) is 18.5 Å². The fourth-order valence-electron chi connectivity index (χ4n) is 5.30. The van der Waals surface area contributed by atoms with Crippen LogP contribution in [0.5, 0.6) is 11.8 Å². The molecule has 1 aliphatic rings. The highest BCUT2D eigenvalue weighted by molar-refractivity contribution is 5.96. The smallest absolute Gasteiger partial charge is 0.330 e. The third kappa shape index (κ3) is 9.88. The molecule has 0 atom stereocenters. The predicted molar refractivity (Wildman–Crippen MR) is 181 cm³/mol. The topological polar surface area (TPSA) is 144 Å². The number of benzene rings is 2. The Bertz CT molecular complexity index is 1830. The zero-order valence-electron chi connectivity index (χ0n) is 27.4. The standard InChI is InChI=1S/C36H38FN7O5/c1-3-44-24-39-20-28(44)21-40-32-18-25(9-12-36(46)47-2)8-11-31(32)41-33(45)22-43-15-13-29(14-16-43)49-35-6-4-5-34(42-35)48-23-27-10-7-26(19-38)17-30(27)37/h4-12,17-18,20,24,29,40H,3,13-16,21-23H2,1-2H3,(H,41,45)/b12-9+. The summed E-state index contributed by atoms with van der Waals surface area (Å²) >= 11 is 0. The van der Waals surface area contributed by atoms with Gasteiger partial charge in [0.05, 0.1) is 55.2 Å². The number of likely N-dealkylation sites (tertiary alicyclic amines) is 1. The molecular weight excluding hydrogens is 629 g/mol. The molecule has 4 aromatic rings. The number of amides is 1. The van der Waals surface area contributed by atoms with Gasteiger partial charge in [-0.15, -0.1) is 0 Å². The van der Waals surface area contributed by atoms with Crippen LogP contribution in [-0.2, 0) is 34.0 Å². The Hall–Kier alpha value is -5.74. The summed E-state index contributed by atoms with van der Waals surface area (Å²) in [7, 11) is 1.32. The molecule has 13 heteroatoms. The van der Waals surface area contributed by atoms with Gasteiger partial charge in [-0.3, -0.25) is 9.69 Å². The van der Waals surface area contributed by atoms with E-state index >= 15 is 0 Å². The maximum absolute atomic E-state index is 14.2. The van der Waals surface area contributed by atoms with Crippen LogP contribution in [0.2, 0.25) is 0 Å². The minimum Gasteiger partial charge on any atom is -0.474 e. The molecule has 1 fully saturated rings. The molecule has 0 saturated carbocycles. The Labute approximate surface area is 284 Å². The number of rotatable bonds is 14. The Balaban J connectivity index is 1.13. The molecule has 49 heavy (non-hydrogen) atoms. The Morgan fingerprint density at radius 1 is 1.10 bits per heavy atom. The van der Waals surface area contributed by atoms with Crippen molar-refractivity contribution in [3.8, 4) is 17.8 Å². The number of nitrogens with one attached hydrogen (secondary N) is 2. The van der Waals surface area contributed by atoms with Crippen LogP contribution in [0.3, 0.4) is 0 Å². The molecule has 0 spiro atoms. The Morgan fingerprint density at radius 2 is 1.92 bits per heavy atom. The minimum atomic E-state index is -0.511. The molecular formula is C36H38FN7O5. The first kappa shape index (κ1) is 34.6. The number of hydrogen-bond donors (Lipinski definition) is 2. The minimum absolute atomic E-state index is 0.0346. The lowest BCUT2D eigenvalue weighted by Crippen LogP contribution is -2.42. The maximum Gasteiger partial charge on any atom is 0.330 e. The summed E-state index contributed by atoms with van der Waals surface area (Å²) in [6, 6.07) is 16.8. The fraction of sp³-hybridized carbons (Fsp3) is 0.306. The highest BCUT2D eigenvalue weighted by Gasteiger charge is 2.23. The number of imidazole rings is 1. The van der Waals surface area contributed by atoms with Gasteiger partial charge in [0.25, 0.3) is 0 Å². The third-order valence-electron chi connectivity index (χ3n) is 7.97. The summed E-state index contributed by atoms with van der Waals surface area (Å²) in [5.41, 5.74) is 3.65. The van der Waals surface area contributed by atoms with E-state index in [9.17, 15) is 14.0 Å². The average molecular weight is 668 g/mol. The van der Waals surface area contributed by atoms with Crippen molar-refractivity contribution in [2.24, 2.45) is 0 Å². The van der Waals surface area contributed by atoms with Crippen LogP contribution in [0.25, 0.3) is 6.08 Å². The van der Waals surface area contributed by atoms with Gasteiger partial charge in [0.15, 0.2) is 0 Å². The van der Waals surface area contributed by atoms with Gasteiger partial charge in [-0.2, -0.15) is 10.2 Å². The van der Waals surface area contributed by atoms with E-state index in [0.29, 0.717) is 61.2 Å². The number of carbonyl (C=O) groups is 2. The lowest BCUT2D eigenvalue weighted by Gasteiger charge is -2.31. The zero-order valence-corrected chi connectivity index (χ0v) is 27.4. The van der Waals surface area contributed by atoms with Gasteiger partial charge < -0.3 is 29.4 Å². The second-order valence-electron chi connectivity index (χ2n) is 11.3. The van der Waals surface area contributed by atoms with E-state index in [2.05, 4.69) is 25.5 Å². The van der Waals surface area contributed by atoms with E-state index in [4.69, 9.17) is 19.5 Å². The van der Waals surface area contributed by atoms with Crippen molar-refractivity contribution in [1.29, 1.82) is 5.26 Å². The van der Waals surface area contributed by atoms with E-state index in [-0.39, 0.29) is 30.7 Å². The van der Waals surface area contributed by atoms with Gasteiger partial charge in [-0.1, -0.05) is 18.2 Å². The molecule has 1 saturated heterocycles. The van der Waals surface area contributed by atoms with Crippen molar-refractivity contribution < 1.29 is 28.2 Å². The van der Waals surface area contributed by atoms with Crippen LogP contribution < -0.4 is 20.1 Å². The van der Waals surface area contributed by atoms with Gasteiger partial charge in [-0.25, -0.2) is 14.2 Å². The van der Waals surface area contributed by atoms with Gasteiger partial charge >= 0.3 is 5.97 Å². The second-order valence-corrected chi connectivity index (χ2v) is 11.3. The van der Waals surface area contributed by atoms with Crippen molar-refractivity contribution in [2.45, 2.75) is 45.6 Å². The van der Waals surface area contributed by atoms with Crippen molar-refractivity contribution in [3.63, 3.8) is 0 Å². The van der Waals surface area contributed by atoms with E-state index < -0.39 is 11.8 Å². The average Bonchev–Trinajstić information content (AvgIpc) is 3.58. The summed E-state index contributed by atoms with van der Waals surface area (Å²) < 4.78 is 32.7.